The number of nitriles is 1. The molecule has 0 saturated carbocycles. The number of anilines is 1. The molecule has 3 aromatic rings. The lowest BCUT2D eigenvalue weighted by Gasteiger charge is -2.11. The third kappa shape index (κ3) is 4.63. The molecule has 0 aliphatic heterocycles. The smallest absolute Gasteiger partial charge is 0.262 e. The Bertz CT molecular complexity index is 1180. The van der Waals surface area contributed by atoms with Gasteiger partial charge in [-0.2, -0.15) is 10.4 Å². The Kier molecular flexibility index (Phi) is 6.43. The van der Waals surface area contributed by atoms with Gasteiger partial charge in [-0.05, 0) is 44.0 Å². The minimum absolute atomic E-state index is 0.00231. The third-order valence-electron chi connectivity index (χ3n) is 4.64. The predicted molar refractivity (Wildman–Crippen MR) is 115 cm³/mol. The molecule has 30 heavy (non-hydrogen) atoms. The van der Waals surface area contributed by atoms with Crippen LogP contribution >= 0.6 is 0 Å². The summed E-state index contributed by atoms with van der Waals surface area (Å²) in [7, 11) is -3.90. The van der Waals surface area contributed by atoms with Gasteiger partial charge in [-0.15, -0.1) is 0 Å². The number of aromatic nitrogens is 2. The minimum atomic E-state index is -3.90. The van der Waals surface area contributed by atoms with Crippen molar-refractivity contribution in [1.29, 1.82) is 5.26 Å². The van der Waals surface area contributed by atoms with Gasteiger partial charge in [0, 0.05) is 0 Å². The zero-order chi connectivity index (χ0) is 21.7. The summed E-state index contributed by atoms with van der Waals surface area (Å²) in [5, 5.41) is 13.9. The van der Waals surface area contributed by atoms with Crippen molar-refractivity contribution >= 4 is 15.7 Å². The van der Waals surface area contributed by atoms with Crippen LogP contribution in [0.1, 0.15) is 35.9 Å². The minimum Gasteiger partial charge on any atom is -0.492 e. The van der Waals surface area contributed by atoms with E-state index in [0.29, 0.717) is 36.0 Å². The second kappa shape index (κ2) is 9.01. The van der Waals surface area contributed by atoms with Crippen molar-refractivity contribution < 1.29 is 13.2 Å². The summed E-state index contributed by atoms with van der Waals surface area (Å²) in [6.07, 6.45) is 0.790. The number of nitrogens with one attached hydrogen (secondary N) is 1. The number of hydrogen-bond donors (Lipinski definition) is 1. The molecule has 0 aliphatic carbocycles. The maximum absolute atomic E-state index is 13.0. The van der Waals surface area contributed by atoms with Crippen molar-refractivity contribution in [3.8, 4) is 11.8 Å². The average molecular weight is 425 g/mol. The Labute approximate surface area is 177 Å². The van der Waals surface area contributed by atoms with Crippen LogP contribution in [-0.2, 0) is 16.6 Å². The highest BCUT2D eigenvalue weighted by atomic mass is 32.2. The molecule has 7 nitrogen and oxygen atoms in total. The lowest BCUT2D eigenvalue weighted by molar-refractivity contribution is 0.316. The summed E-state index contributed by atoms with van der Waals surface area (Å²) in [6.45, 7) is 6.53. The summed E-state index contributed by atoms with van der Waals surface area (Å²) in [5.41, 5.74) is 2.98. The molecule has 0 bridgehead atoms. The van der Waals surface area contributed by atoms with Gasteiger partial charge in [0.15, 0.2) is 0 Å². The number of nitrogens with zero attached hydrogens (tertiary/aromatic N) is 3. The average Bonchev–Trinajstić information content (AvgIpc) is 2.99. The van der Waals surface area contributed by atoms with E-state index in [2.05, 4.69) is 9.82 Å². The number of ether oxygens (including phenoxy) is 1. The van der Waals surface area contributed by atoms with E-state index in [-0.39, 0.29) is 10.5 Å². The number of benzene rings is 2. The molecule has 0 radical (unpaired) electrons. The number of hydrogen-bond acceptors (Lipinski definition) is 5. The van der Waals surface area contributed by atoms with Crippen LogP contribution in [-0.4, -0.2) is 24.8 Å². The van der Waals surface area contributed by atoms with Crippen LogP contribution in [0.3, 0.4) is 0 Å². The summed E-state index contributed by atoms with van der Waals surface area (Å²) in [4.78, 5) is -0.00231. The fourth-order valence-electron chi connectivity index (χ4n) is 3.05. The van der Waals surface area contributed by atoms with Gasteiger partial charge in [0.1, 0.15) is 11.8 Å². The molecule has 0 unspecified atom stereocenters. The summed E-state index contributed by atoms with van der Waals surface area (Å²) in [6, 6.07) is 16.1. The summed E-state index contributed by atoms with van der Waals surface area (Å²) in [5.74, 6) is 0.376. The van der Waals surface area contributed by atoms with E-state index in [1.165, 1.54) is 18.2 Å². The lowest BCUT2D eigenvalue weighted by Crippen LogP contribution is -2.15. The van der Waals surface area contributed by atoms with Crippen LogP contribution in [0.15, 0.2) is 53.4 Å². The molecule has 0 amide bonds. The van der Waals surface area contributed by atoms with Gasteiger partial charge in [0.2, 0.25) is 0 Å². The van der Waals surface area contributed by atoms with E-state index >= 15 is 0 Å². The third-order valence-corrected chi connectivity index (χ3v) is 5.98. The first-order chi connectivity index (χ1) is 14.4. The zero-order valence-electron chi connectivity index (χ0n) is 17.2. The fourth-order valence-corrected chi connectivity index (χ4v) is 4.25. The monoisotopic (exact) mass is 424 g/mol. The highest BCUT2D eigenvalue weighted by Gasteiger charge is 2.21. The van der Waals surface area contributed by atoms with Crippen LogP contribution in [0.25, 0.3) is 0 Å². The van der Waals surface area contributed by atoms with Crippen LogP contribution in [0.4, 0.5) is 5.69 Å². The summed E-state index contributed by atoms with van der Waals surface area (Å²) < 4.78 is 35.8. The Morgan fingerprint density at radius 3 is 2.57 bits per heavy atom. The molecule has 1 heterocycles. The Balaban J connectivity index is 1.88. The lowest BCUT2D eigenvalue weighted by atomic mass is 10.2. The van der Waals surface area contributed by atoms with Crippen LogP contribution in [0, 0.1) is 25.2 Å². The molecule has 8 heteroatoms. The first-order valence-corrected chi connectivity index (χ1v) is 11.1. The predicted octanol–water partition coefficient (Wildman–Crippen LogP) is 4.01. The summed E-state index contributed by atoms with van der Waals surface area (Å²) >= 11 is 0. The van der Waals surface area contributed by atoms with E-state index in [1.54, 1.807) is 11.6 Å². The molecule has 0 saturated heterocycles. The highest BCUT2D eigenvalue weighted by Crippen LogP contribution is 2.27. The molecule has 1 aromatic heterocycles. The van der Waals surface area contributed by atoms with Crippen molar-refractivity contribution in [2.45, 2.75) is 38.6 Å². The Hall–Kier alpha value is -3.31. The molecule has 2 aromatic carbocycles. The molecule has 0 atom stereocenters. The first-order valence-electron chi connectivity index (χ1n) is 9.63. The molecular formula is C22H24N4O3S. The maximum Gasteiger partial charge on any atom is 0.262 e. The molecule has 3 rings (SSSR count). The molecule has 0 fully saturated rings. The Morgan fingerprint density at radius 2 is 1.90 bits per heavy atom. The van der Waals surface area contributed by atoms with Gasteiger partial charge in [0.05, 0.1) is 40.7 Å². The quantitative estimate of drug-likeness (QED) is 0.589. The molecule has 0 spiro atoms. The largest absolute Gasteiger partial charge is 0.492 e. The van der Waals surface area contributed by atoms with Crippen molar-refractivity contribution in [2.75, 3.05) is 11.3 Å². The van der Waals surface area contributed by atoms with Gasteiger partial charge < -0.3 is 4.74 Å². The Morgan fingerprint density at radius 1 is 1.17 bits per heavy atom. The van der Waals surface area contributed by atoms with Crippen molar-refractivity contribution in [3.63, 3.8) is 0 Å². The molecular weight excluding hydrogens is 400 g/mol. The number of sulfonamides is 1. The molecule has 156 valence electrons. The second-order valence-corrected chi connectivity index (χ2v) is 8.60. The number of rotatable bonds is 8. The topological polar surface area (TPSA) is 97.0 Å². The van der Waals surface area contributed by atoms with Gasteiger partial charge in [-0.3, -0.25) is 9.40 Å². The number of aryl methyl sites for hydroxylation is 1. The van der Waals surface area contributed by atoms with E-state index in [1.807, 2.05) is 50.2 Å². The standard InChI is InChI=1S/C22H24N4O3S/c1-4-12-29-21-11-10-20(13-19(21)14-23)30(27,28)25-22-16(2)24-26(17(22)3)15-18-8-6-5-7-9-18/h5-11,13,25H,4,12,15H2,1-3H3. The van der Waals surface area contributed by atoms with E-state index in [0.717, 1.165) is 12.0 Å². The molecule has 0 aliphatic rings. The van der Waals surface area contributed by atoms with E-state index in [9.17, 15) is 13.7 Å². The van der Waals surface area contributed by atoms with Gasteiger partial charge >= 0.3 is 0 Å². The van der Waals surface area contributed by atoms with Crippen molar-refractivity contribution in [3.05, 3.63) is 71.0 Å². The van der Waals surface area contributed by atoms with Gasteiger partial charge in [-0.25, -0.2) is 8.42 Å². The van der Waals surface area contributed by atoms with Crippen LogP contribution in [0.5, 0.6) is 5.75 Å². The SMILES string of the molecule is CCCOc1ccc(S(=O)(=O)Nc2c(C)nn(Cc3ccccc3)c2C)cc1C#N. The van der Waals surface area contributed by atoms with E-state index < -0.39 is 10.0 Å². The first kappa shape index (κ1) is 21.4. The maximum atomic E-state index is 13.0. The van der Waals surface area contributed by atoms with Gasteiger partial charge in [0.25, 0.3) is 10.0 Å². The van der Waals surface area contributed by atoms with E-state index in [4.69, 9.17) is 4.74 Å². The molecule has 1 N–H and O–H groups in total. The highest BCUT2D eigenvalue weighted by molar-refractivity contribution is 7.92. The van der Waals surface area contributed by atoms with Gasteiger partial charge in [-0.1, -0.05) is 37.3 Å². The second-order valence-electron chi connectivity index (χ2n) is 6.91. The van der Waals surface area contributed by atoms with Crippen LogP contribution < -0.4 is 9.46 Å². The van der Waals surface area contributed by atoms with Crippen molar-refractivity contribution in [1.82, 2.24) is 9.78 Å². The normalized spacial score (nSPS) is 11.1. The van der Waals surface area contributed by atoms with Crippen LogP contribution in [0.2, 0.25) is 0 Å². The zero-order valence-corrected chi connectivity index (χ0v) is 18.0. The fraction of sp³-hybridized carbons (Fsp3) is 0.273. The van der Waals surface area contributed by atoms with Crippen molar-refractivity contribution in [2.24, 2.45) is 0 Å².